The van der Waals surface area contributed by atoms with Crippen LogP contribution in [-0.4, -0.2) is 82.3 Å². The van der Waals surface area contributed by atoms with Gasteiger partial charge in [-0.05, 0) is 83.5 Å². The maximum absolute atomic E-state index is 12.9. The Hall–Kier alpha value is -3.01. The number of esters is 2. The Morgan fingerprint density at radius 2 is 0.720 bits per heavy atom. The van der Waals surface area contributed by atoms with Crippen molar-refractivity contribution in [2.24, 2.45) is 0 Å². The van der Waals surface area contributed by atoms with E-state index in [1.165, 1.54) is 193 Å². The first kappa shape index (κ1) is 72.0. The minimum Gasteiger partial charge on any atom is -0.545 e. The molecule has 75 heavy (non-hydrogen) atoms. The van der Waals surface area contributed by atoms with Crippen LogP contribution in [0.5, 0.6) is 0 Å². The Labute approximate surface area is 463 Å². The van der Waals surface area contributed by atoms with E-state index in [2.05, 4.69) is 74.6 Å². The number of allylic oxidation sites excluding steroid dienone is 10. The number of likely N-dealkylation sites (N-methyl/N-ethyl adjacent to an activating group) is 1. The molecule has 0 N–H and O–H groups in total. The highest BCUT2D eigenvalue weighted by molar-refractivity contribution is 5.70. The molecular formula is C66H119NO8. The smallest absolute Gasteiger partial charge is 0.306 e. The van der Waals surface area contributed by atoms with Crippen LogP contribution in [0, 0.1) is 0 Å². The van der Waals surface area contributed by atoms with Crippen LogP contribution < -0.4 is 5.11 Å². The lowest BCUT2D eigenvalue weighted by Crippen LogP contribution is -2.44. The number of hydrogen-bond acceptors (Lipinski definition) is 8. The third-order valence-electron chi connectivity index (χ3n) is 13.7. The maximum atomic E-state index is 12.9. The number of carboxylic acid groups (broad SMARTS) is 1. The van der Waals surface area contributed by atoms with Crippen LogP contribution in [0.2, 0.25) is 0 Å². The predicted octanol–water partition coefficient (Wildman–Crippen LogP) is 17.5. The second kappa shape index (κ2) is 57.2. The van der Waals surface area contributed by atoms with Gasteiger partial charge in [0.25, 0.3) is 0 Å². The first-order valence-electron chi connectivity index (χ1n) is 31.4. The van der Waals surface area contributed by atoms with E-state index in [1.807, 2.05) is 21.1 Å². The standard InChI is InChI=1S/C66H119NO8/c1-6-8-10-12-14-16-18-20-22-24-26-28-30-31-32-33-35-37-39-41-43-45-47-49-51-53-55-57-64(69)75-62(61-74-66(65(70)71)72-59-58-67(3,4)5)60-73-63(68)56-54-52-50-48-46-44-42-40-38-36-34-29-27-25-23-21-19-17-15-13-11-9-7-2/h18-21,24-27,30-31,62,66H,6-17,22-23,28-29,32-61H2,1-5H3/b20-18-,21-19-,26-24-,27-25-,31-30-. The lowest BCUT2D eigenvalue weighted by Gasteiger charge is -2.26. The molecule has 0 heterocycles. The zero-order chi connectivity index (χ0) is 54.8. The summed E-state index contributed by atoms with van der Waals surface area (Å²) in [6, 6.07) is 0. The van der Waals surface area contributed by atoms with Crippen LogP contribution in [0.15, 0.2) is 60.8 Å². The van der Waals surface area contributed by atoms with Gasteiger partial charge in [-0.2, -0.15) is 0 Å². The molecule has 9 nitrogen and oxygen atoms in total. The summed E-state index contributed by atoms with van der Waals surface area (Å²) in [7, 11) is 5.93. The zero-order valence-electron chi connectivity index (χ0n) is 49.7. The van der Waals surface area contributed by atoms with Crippen LogP contribution in [-0.2, 0) is 33.3 Å². The Morgan fingerprint density at radius 3 is 1.07 bits per heavy atom. The lowest BCUT2D eigenvalue weighted by atomic mass is 10.0. The second-order valence-electron chi connectivity index (χ2n) is 22.3. The number of ether oxygens (including phenoxy) is 4. The van der Waals surface area contributed by atoms with Gasteiger partial charge in [0, 0.05) is 12.8 Å². The molecule has 0 spiro atoms. The molecule has 0 radical (unpaired) electrons. The summed E-state index contributed by atoms with van der Waals surface area (Å²) in [5.41, 5.74) is 0. The monoisotopic (exact) mass is 1050 g/mol. The van der Waals surface area contributed by atoms with Crippen molar-refractivity contribution in [3.63, 3.8) is 0 Å². The van der Waals surface area contributed by atoms with Crippen LogP contribution in [0.25, 0.3) is 0 Å². The fraction of sp³-hybridized carbons (Fsp3) is 0.803. The van der Waals surface area contributed by atoms with Crippen molar-refractivity contribution in [3.05, 3.63) is 60.8 Å². The largest absolute Gasteiger partial charge is 0.545 e. The molecule has 0 bridgehead atoms. The maximum Gasteiger partial charge on any atom is 0.306 e. The summed E-state index contributed by atoms with van der Waals surface area (Å²) in [6.45, 7) is 4.75. The molecule has 0 aliphatic carbocycles. The fourth-order valence-electron chi connectivity index (χ4n) is 8.87. The van der Waals surface area contributed by atoms with Crippen LogP contribution in [0.1, 0.15) is 284 Å². The van der Waals surface area contributed by atoms with Gasteiger partial charge in [-0.1, -0.05) is 248 Å². The van der Waals surface area contributed by atoms with Crippen molar-refractivity contribution in [3.8, 4) is 0 Å². The first-order valence-corrected chi connectivity index (χ1v) is 31.4. The van der Waals surface area contributed by atoms with Gasteiger partial charge in [-0.25, -0.2) is 0 Å². The van der Waals surface area contributed by atoms with E-state index in [9.17, 15) is 19.5 Å². The highest BCUT2D eigenvalue weighted by Gasteiger charge is 2.22. The number of carbonyl (C=O) groups excluding carboxylic acids is 3. The van der Waals surface area contributed by atoms with Gasteiger partial charge in [0.2, 0.25) is 0 Å². The molecule has 0 aromatic rings. The van der Waals surface area contributed by atoms with Crippen molar-refractivity contribution in [2.45, 2.75) is 296 Å². The SMILES string of the molecule is CCCCCCC/C=C\C/C=C\C/C=C\CCCCCCCCCCCCCCC(=O)OC(COC(=O)CCCCCCCCCCCCC/C=C\C/C=C\CCCCCCC)COC(OCC[N+](C)(C)C)C(=O)[O-]. The number of hydrogen-bond donors (Lipinski definition) is 0. The Balaban J connectivity index is 4.20. The number of quaternary nitrogens is 1. The number of rotatable bonds is 58. The number of carbonyl (C=O) groups is 3. The van der Waals surface area contributed by atoms with Crippen molar-refractivity contribution >= 4 is 17.9 Å². The average Bonchev–Trinajstić information content (AvgIpc) is 3.38. The minimum absolute atomic E-state index is 0.146. The molecule has 436 valence electrons. The van der Waals surface area contributed by atoms with Crippen LogP contribution in [0.3, 0.4) is 0 Å². The van der Waals surface area contributed by atoms with E-state index in [4.69, 9.17) is 18.9 Å². The minimum atomic E-state index is -1.62. The molecule has 0 saturated carbocycles. The molecule has 0 saturated heterocycles. The Kier molecular flexibility index (Phi) is 54.9. The molecule has 9 heteroatoms. The molecule has 0 amide bonds. The topological polar surface area (TPSA) is 111 Å². The van der Waals surface area contributed by atoms with Gasteiger partial charge in [0.1, 0.15) is 13.2 Å². The highest BCUT2D eigenvalue weighted by atomic mass is 16.7. The highest BCUT2D eigenvalue weighted by Crippen LogP contribution is 2.16. The van der Waals surface area contributed by atoms with Gasteiger partial charge in [0.15, 0.2) is 12.4 Å². The molecule has 0 aliphatic heterocycles. The van der Waals surface area contributed by atoms with E-state index in [1.54, 1.807) is 0 Å². The third kappa shape index (κ3) is 58.5. The van der Waals surface area contributed by atoms with E-state index in [-0.39, 0.29) is 38.6 Å². The van der Waals surface area contributed by atoms with Gasteiger partial charge < -0.3 is 33.3 Å². The molecule has 2 unspecified atom stereocenters. The summed E-state index contributed by atoms with van der Waals surface area (Å²) in [6.07, 6.45) is 69.8. The van der Waals surface area contributed by atoms with E-state index in [0.717, 1.165) is 57.8 Å². The van der Waals surface area contributed by atoms with Crippen molar-refractivity contribution in [2.75, 3.05) is 47.5 Å². The average molecular weight is 1050 g/mol. The van der Waals surface area contributed by atoms with Crippen molar-refractivity contribution in [1.29, 1.82) is 0 Å². The summed E-state index contributed by atoms with van der Waals surface area (Å²) in [5.74, 6) is -2.28. The second-order valence-corrected chi connectivity index (χ2v) is 22.3. The van der Waals surface area contributed by atoms with Crippen molar-refractivity contribution < 1.29 is 42.9 Å². The Bertz CT molecular complexity index is 1410. The normalized spacial score (nSPS) is 13.1. The summed E-state index contributed by atoms with van der Waals surface area (Å²) in [5, 5.41) is 11.8. The third-order valence-corrected chi connectivity index (χ3v) is 13.7. The Morgan fingerprint density at radius 1 is 0.400 bits per heavy atom. The molecule has 0 rings (SSSR count). The number of aliphatic carboxylic acids is 1. The quantitative estimate of drug-likeness (QED) is 0.0195. The molecule has 0 fully saturated rings. The van der Waals surface area contributed by atoms with E-state index in [0.29, 0.717) is 17.4 Å². The van der Waals surface area contributed by atoms with Gasteiger partial charge >= 0.3 is 11.9 Å². The summed E-state index contributed by atoms with van der Waals surface area (Å²) < 4.78 is 22.8. The van der Waals surface area contributed by atoms with Gasteiger partial charge in [0.05, 0.1) is 40.3 Å². The summed E-state index contributed by atoms with van der Waals surface area (Å²) in [4.78, 5) is 37.4. The van der Waals surface area contributed by atoms with Crippen LogP contribution in [0.4, 0.5) is 0 Å². The van der Waals surface area contributed by atoms with Gasteiger partial charge in [-0.15, -0.1) is 0 Å². The molecule has 0 aliphatic rings. The van der Waals surface area contributed by atoms with E-state index >= 15 is 0 Å². The predicted molar refractivity (Wildman–Crippen MR) is 315 cm³/mol. The molecular weight excluding hydrogens is 935 g/mol. The van der Waals surface area contributed by atoms with Crippen molar-refractivity contribution in [1.82, 2.24) is 0 Å². The fourth-order valence-corrected chi connectivity index (χ4v) is 8.87. The molecule has 0 aromatic heterocycles. The van der Waals surface area contributed by atoms with E-state index < -0.39 is 24.3 Å². The van der Waals surface area contributed by atoms with Crippen LogP contribution >= 0.6 is 0 Å². The lowest BCUT2D eigenvalue weighted by molar-refractivity contribution is -0.870. The molecule has 0 aromatic carbocycles. The van der Waals surface area contributed by atoms with Gasteiger partial charge in [-0.3, -0.25) is 9.59 Å². The zero-order valence-corrected chi connectivity index (χ0v) is 49.7. The summed E-state index contributed by atoms with van der Waals surface area (Å²) >= 11 is 0. The number of nitrogens with zero attached hydrogens (tertiary/aromatic N) is 1. The first-order chi connectivity index (χ1) is 36.6. The number of carboxylic acids is 1. The number of unbranched alkanes of at least 4 members (excludes halogenated alkanes) is 33. The molecule has 2 atom stereocenters.